The Morgan fingerprint density at radius 3 is 2.71 bits per heavy atom. The van der Waals surface area contributed by atoms with E-state index in [1.54, 1.807) is 29.2 Å². The maximum absolute atomic E-state index is 12.5. The summed E-state index contributed by atoms with van der Waals surface area (Å²) in [6.45, 7) is 1.76. The fourth-order valence-corrected chi connectivity index (χ4v) is 2.50. The minimum Gasteiger partial charge on any atom is -0.378 e. The van der Waals surface area contributed by atoms with Crippen molar-refractivity contribution in [1.29, 1.82) is 5.26 Å². The van der Waals surface area contributed by atoms with Crippen molar-refractivity contribution in [3.63, 3.8) is 0 Å². The first-order valence-corrected chi connectivity index (χ1v) is 6.64. The molecule has 21 heavy (non-hydrogen) atoms. The number of hydrogen-bond acceptors (Lipinski definition) is 4. The number of nitriles is 1. The minimum absolute atomic E-state index is 0.112. The SMILES string of the molecule is N#C/C(C(=O)N1CCOCC1)=C1/C(=O)Nc2ccccc21. The van der Waals surface area contributed by atoms with Gasteiger partial charge in [0.1, 0.15) is 11.6 Å². The van der Waals surface area contributed by atoms with Gasteiger partial charge >= 0.3 is 0 Å². The molecular formula is C15H13N3O3. The van der Waals surface area contributed by atoms with Crippen LogP contribution in [0, 0.1) is 11.3 Å². The van der Waals surface area contributed by atoms with Crippen molar-refractivity contribution >= 4 is 23.1 Å². The van der Waals surface area contributed by atoms with E-state index < -0.39 is 11.8 Å². The molecule has 6 heteroatoms. The average Bonchev–Trinajstić information content (AvgIpc) is 2.85. The molecule has 1 N–H and O–H groups in total. The number of anilines is 1. The van der Waals surface area contributed by atoms with Gasteiger partial charge < -0.3 is 15.0 Å². The van der Waals surface area contributed by atoms with Gasteiger partial charge in [-0.15, -0.1) is 0 Å². The third-order valence-electron chi connectivity index (χ3n) is 3.55. The monoisotopic (exact) mass is 283 g/mol. The van der Waals surface area contributed by atoms with Crippen molar-refractivity contribution < 1.29 is 14.3 Å². The molecule has 0 unspecified atom stereocenters. The Kier molecular flexibility index (Phi) is 3.42. The summed E-state index contributed by atoms with van der Waals surface area (Å²) in [6.07, 6.45) is 0. The van der Waals surface area contributed by atoms with Crippen molar-refractivity contribution in [2.45, 2.75) is 0 Å². The number of para-hydroxylation sites is 1. The molecule has 0 radical (unpaired) electrons. The van der Waals surface area contributed by atoms with Gasteiger partial charge in [-0.1, -0.05) is 18.2 Å². The molecule has 2 amide bonds. The van der Waals surface area contributed by atoms with E-state index in [2.05, 4.69) is 5.32 Å². The highest BCUT2D eigenvalue weighted by Gasteiger charge is 2.32. The van der Waals surface area contributed by atoms with Gasteiger partial charge in [-0.2, -0.15) is 5.26 Å². The molecule has 2 heterocycles. The standard InChI is InChI=1S/C15H13N3O3/c16-9-11(15(20)18-5-7-21-8-6-18)13-10-3-1-2-4-12(10)17-14(13)19/h1-4H,5-8H2,(H,17,19)/b13-11-. The number of hydrogen-bond donors (Lipinski definition) is 1. The molecule has 1 saturated heterocycles. The van der Waals surface area contributed by atoms with Crippen LogP contribution in [-0.4, -0.2) is 43.0 Å². The number of carbonyl (C=O) groups is 2. The predicted molar refractivity (Wildman–Crippen MR) is 75.0 cm³/mol. The molecule has 106 valence electrons. The molecule has 0 bridgehead atoms. The van der Waals surface area contributed by atoms with Gasteiger partial charge in [0.2, 0.25) is 0 Å². The first-order valence-electron chi connectivity index (χ1n) is 6.64. The van der Waals surface area contributed by atoms with E-state index in [0.29, 0.717) is 37.6 Å². The first kappa shape index (κ1) is 13.3. The van der Waals surface area contributed by atoms with Crippen molar-refractivity contribution in [2.75, 3.05) is 31.6 Å². The Morgan fingerprint density at radius 1 is 1.29 bits per heavy atom. The maximum Gasteiger partial charge on any atom is 0.265 e. The molecule has 2 aliphatic heterocycles. The smallest absolute Gasteiger partial charge is 0.265 e. The summed E-state index contributed by atoms with van der Waals surface area (Å²) < 4.78 is 5.19. The molecule has 0 aliphatic carbocycles. The van der Waals surface area contributed by atoms with E-state index in [1.165, 1.54) is 0 Å². The molecule has 3 rings (SSSR count). The van der Waals surface area contributed by atoms with E-state index in [4.69, 9.17) is 4.74 Å². The highest BCUT2D eigenvalue weighted by Crippen LogP contribution is 2.33. The largest absolute Gasteiger partial charge is 0.378 e. The van der Waals surface area contributed by atoms with E-state index in [-0.39, 0.29) is 11.1 Å². The van der Waals surface area contributed by atoms with E-state index >= 15 is 0 Å². The van der Waals surface area contributed by atoms with E-state index in [0.717, 1.165) is 0 Å². The van der Waals surface area contributed by atoms with E-state index in [1.807, 2.05) is 6.07 Å². The van der Waals surface area contributed by atoms with Crippen LogP contribution in [-0.2, 0) is 14.3 Å². The molecule has 0 saturated carbocycles. The van der Waals surface area contributed by atoms with Crippen LogP contribution in [0.4, 0.5) is 5.69 Å². The first-order chi connectivity index (χ1) is 10.2. The van der Waals surface area contributed by atoms with Crippen LogP contribution in [0.2, 0.25) is 0 Å². The van der Waals surface area contributed by atoms with Gasteiger partial charge in [-0.3, -0.25) is 9.59 Å². The van der Waals surface area contributed by atoms with E-state index in [9.17, 15) is 14.9 Å². The van der Waals surface area contributed by atoms with Crippen LogP contribution in [0.5, 0.6) is 0 Å². The lowest BCUT2D eigenvalue weighted by molar-refractivity contribution is -0.130. The summed E-state index contributed by atoms with van der Waals surface area (Å²) in [6, 6.07) is 8.93. The number of carbonyl (C=O) groups excluding carboxylic acids is 2. The number of nitrogens with one attached hydrogen (secondary N) is 1. The zero-order valence-electron chi connectivity index (χ0n) is 11.3. The predicted octanol–water partition coefficient (Wildman–Crippen LogP) is 0.775. The second-order valence-electron chi connectivity index (χ2n) is 4.77. The Balaban J connectivity index is 2.04. The number of benzene rings is 1. The normalized spacial score (nSPS) is 19.6. The molecular weight excluding hydrogens is 270 g/mol. The van der Waals surface area contributed by atoms with Crippen molar-refractivity contribution in [3.8, 4) is 6.07 Å². The number of nitrogens with zero attached hydrogens (tertiary/aromatic N) is 2. The molecule has 1 aromatic rings. The highest BCUT2D eigenvalue weighted by atomic mass is 16.5. The number of amides is 2. The van der Waals surface area contributed by atoms with Crippen LogP contribution in [0.3, 0.4) is 0 Å². The Labute approximate surface area is 121 Å². The van der Waals surface area contributed by atoms with Crippen molar-refractivity contribution in [2.24, 2.45) is 0 Å². The second kappa shape index (κ2) is 5.38. The summed E-state index contributed by atoms with van der Waals surface area (Å²) in [5.41, 5.74) is 1.27. The molecule has 0 aromatic heterocycles. The third-order valence-corrected chi connectivity index (χ3v) is 3.55. The van der Waals surface area contributed by atoms with Crippen LogP contribution in [0.15, 0.2) is 29.8 Å². The molecule has 1 aromatic carbocycles. The van der Waals surface area contributed by atoms with Gasteiger partial charge in [0, 0.05) is 24.3 Å². The topological polar surface area (TPSA) is 82.4 Å². The minimum atomic E-state index is -0.414. The Bertz CT molecular complexity index is 682. The lowest BCUT2D eigenvalue weighted by Gasteiger charge is -2.26. The Morgan fingerprint density at radius 2 is 2.00 bits per heavy atom. The van der Waals surface area contributed by atoms with Crippen LogP contribution in [0.1, 0.15) is 5.56 Å². The summed E-state index contributed by atoms with van der Waals surface area (Å²) >= 11 is 0. The quantitative estimate of drug-likeness (QED) is 0.609. The fraction of sp³-hybridized carbons (Fsp3) is 0.267. The van der Waals surface area contributed by atoms with Gasteiger partial charge in [-0.25, -0.2) is 0 Å². The van der Waals surface area contributed by atoms with Crippen LogP contribution < -0.4 is 5.32 Å². The molecule has 1 fully saturated rings. The molecule has 0 atom stereocenters. The van der Waals surface area contributed by atoms with Gasteiger partial charge in [-0.05, 0) is 6.07 Å². The number of ether oxygens (including phenoxy) is 1. The number of morpholine rings is 1. The number of rotatable bonds is 1. The van der Waals surface area contributed by atoms with Crippen LogP contribution in [0.25, 0.3) is 5.57 Å². The zero-order chi connectivity index (χ0) is 14.8. The van der Waals surface area contributed by atoms with Crippen LogP contribution >= 0.6 is 0 Å². The highest BCUT2D eigenvalue weighted by molar-refractivity contribution is 6.36. The molecule has 6 nitrogen and oxygen atoms in total. The number of fused-ring (bicyclic) bond motifs is 1. The summed E-state index contributed by atoms with van der Waals surface area (Å²) in [5, 5.41) is 12.0. The molecule has 2 aliphatic rings. The lowest BCUT2D eigenvalue weighted by Crippen LogP contribution is -2.41. The fourth-order valence-electron chi connectivity index (χ4n) is 2.50. The summed E-state index contributed by atoms with van der Waals surface area (Å²) in [7, 11) is 0. The van der Waals surface area contributed by atoms with Gasteiger partial charge in [0.25, 0.3) is 11.8 Å². The zero-order valence-corrected chi connectivity index (χ0v) is 11.3. The van der Waals surface area contributed by atoms with Crippen molar-refractivity contribution in [1.82, 2.24) is 4.90 Å². The van der Waals surface area contributed by atoms with Crippen molar-refractivity contribution in [3.05, 3.63) is 35.4 Å². The Hall–Kier alpha value is -2.65. The maximum atomic E-state index is 12.5. The average molecular weight is 283 g/mol. The summed E-state index contributed by atoms with van der Waals surface area (Å²) in [5.74, 6) is -0.822. The second-order valence-corrected chi connectivity index (χ2v) is 4.77. The summed E-state index contributed by atoms with van der Waals surface area (Å²) in [4.78, 5) is 26.1. The van der Waals surface area contributed by atoms with Gasteiger partial charge in [0.15, 0.2) is 0 Å². The molecule has 0 spiro atoms. The van der Waals surface area contributed by atoms with Gasteiger partial charge in [0.05, 0.1) is 18.8 Å². The lowest BCUT2D eigenvalue weighted by atomic mass is 10.0. The third kappa shape index (κ3) is 2.28.